The van der Waals surface area contributed by atoms with E-state index in [9.17, 15) is 9.59 Å². The summed E-state index contributed by atoms with van der Waals surface area (Å²) in [5.41, 5.74) is 0.438. The summed E-state index contributed by atoms with van der Waals surface area (Å²) in [4.78, 5) is 26.2. The molecule has 132 valence electrons. The molecule has 1 saturated carbocycles. The van der Waals surface area contributed by atoms with E-state index in [0.717, 1.165) is 38.8 Å². The lowest BCUT2D eigenvalue weighted by Crippen LogP contribution is -2.38. The Bertz CT molecular complexity index is 609. The molecule has 3 aliphatic rings. The van der Waals surface area contributed by atoms with Gasteiger partial charge in [0.25, 0.3) is 5.91 Å². The smallest absolute Gasteiger partial charge is 0.272 e. The fourth-order valence-corrected chi connectivity index (χ4v) is 3.55. The van der Waals surface area contributed by atoms with E-state index in [1.54, 1.807) is 6.07 Å². The van der Waals surface area contributed by atoms with Crippen LogP contribution in [0.4, 0.5) is 0 Å². The molecule has 1 aromatic rings. The number of carbonyl (C=O) groups excluding carboxylic acids is 2. The molecule has 8 heteroatoms. The van der Waals surface area contributed by atoms with Crippen molar-refractivity contribution in [3.05, 3.63) is 18.0 Å². The fraction of sp³-hybridized carbons (Fsp3) is 0.688. The number of nitrogens with one attached hydrogen (secondary N) is 2. The molecule has 2 amide bonds. The zero-order valence-electron chi connectivity index (χ0n) is 13.6. The second-order valence-electron chi connectivity index (χ2n) is 6.83. The molecule has 0 aromatic carbocycles. The van der Waals surface area contributed by atoms with E-state index in [4.69, 9.17) is 0 Å². The molecule has 0 spiro atoms. The number of halogens is 1. The molecule has 3 heterocycles. The first kappa shape index (κ1) is 17.2. The Balaban J connectivity index is 0.00000169. The van der Waals surface area contributed by atoms with Gasteiger partial charge in [-0.3, -0.25) is 14.3 Å². The van der Waals surface area contributed by atoms with Crippen LogP contribution in [0.1, 0.15) is 48.6 Å². The Morgan fingerprint density at radius 3 is 2.83 bits per heavy atom. The monoisotopic (exact) mass is 353 g/mol. The van der Waals surface area contributed by atoms with E-state index < -0.39 is 0 Å². The first-order valence-electron chi connectivity index (χ1n) is 8.57. The Labute approximate surface area is 147 Å². The van der Waals surface area contributed by atoms with Gasteiger partial charge in [-0.25, -0.2) is 0 Å². The van der Waals surface area contributed by atoms with Gasteiger partial charge in [-0.15, -0.1) is 12.4 Å². The second kappa shape index (κ2) is 7.11. The summed E-state index contributed by atoms with van der Waals surface area (Å²) in [6.45, 7) is 2.59. The van der Waals surface area contributed by atoms with Gasteiger partial charge in [0.15, 0.2) is 0 Å². The molecule has 24 heavy (non-hydrogen) atoms. The van der Waals surface area contributed by atoms with Gasteiger partial charge in [0.05, 0.1) is 12.1 Å². The summed E-state index contributed by atoms with van der Waals surface area (Å²) in [6.07, 6.45) is 6.72. The van der Waals surface area contributed by atoms with Crippen molar-refractivity contribution in [1.82, 2.24) is 25.3 Å². The SMILES string of the molecule is Cl.O=C(NC1CC(=O)N(C2CC2)C1)c1ccn(C2CCCNC2)n1. The third-order valence-electron chi connectivity index (χ3n) is 4.97. The largest absolute Gasteiger partial charge is 0.346 e. The lowest BCUT2D eigenvalue weighted by Gasteiger charge is -2.22. The summed E-state index contributed by atoms with van der Waals surface area (Å²) in [5, 5.41) is 10.7. The third kappa shape index (κ3) is 3.57. The van der Waals surface area contributed by atoms with Crippen molar-refractivity contribution in [3.8, 4) is 0 Å². The van der Waals surface area contributed by atoms with Crippen LogP contribution in [0, 0.1) is 0 Å². The van der Waals surface area contributed by atoms with Gasteiger partial charge < -0.3 is 15.5 Å². The van der Waals surface area contributed by atoms with E-state index in [-0.39, 0.29) is 30.3 Å². The summed E-state index contributed by atoms with van der Waals surface area (Å²) in [6, 6.07) is 2.42. The van der Waals surface area contributed by atoms with Crippen LogP contribution in [0.3, 0.4) is 0 Å². The van der Waals surface area contributed by atoms with Crippen LogP contribution in [0.15, 0.2) is 12.3 Å². The molecule has 0 bridgehead atoms. The van der Waals surface area contributed by atoms with Crippen LogP contribution in [0.2, 0.25) is 0 Å². The molecule has 4 rings (SSSR count). The van der Waals surface area contributed by atoms with Gasteiger partial charge in [0.1, 0.15) is 5.69 Å². The highest BCUT2D eigenvalue weighted by molar-refractivity contribution is 5.93. The maximum atomic E-state index is 12.4. The van der Waals surface area contributed by atoms with Gasteiger partial charge in [0.2, 0.25) is 5.91 Å². The molecule has 1 aliphatic carbocycles. The minimum atomic E-state index is -0.178. The first-order chi connectivity index (χ1) is 11.2. The summed E-state index contributed by atoms with van der Waals surface area (Å²) in [7, 11) is 0. The number of nitrogens with zero attached hydrogens (tertiary/aromatic N) is 3. The topological polar surface area (TPSA) is 79.3 Å². The highest BCUT2D eigenvalue weighted by Crippen LogP contribution is 2.30. The van der Waals surface area contributed by atoms with Crippen molar-refractivity contribution in [3.63, 3.8) is 0 Å². The lowest BCUT2D eigenvalue weighted by molar-refractivity contribution is -0.128. The highest BCUT2D eigenvalue weighted by atomic mass is 35.5. The van der Waals surface area contributed by atoms with Crippen molar-refractivity contribution in [2.45, 2.75) is 50.2 Å². The van der Waals surface area contributed by atoms with E-state index in [0.29, 0.717) is 30.7 Å². The van der Waals surface area contributed by atoms with Crippen LogP contribution in [0.5, 0.6) is 0 Å². The molecule has 2 unspecified atom stereocenters. The maximum absolute atomic E-state index is 12.4. The zero-order valence-corrected chi connectivity index (χ0v) is 14.4. The van der Waals surface area contributed by atoms with Gasteiger partial charge in [0, 0.05) is 31.7 Å². The summed E-state index contributed by atoms with van der Waals surface area (Å²) in [5.74, 6) is -0.0143. The quantitative estimate of drug-likeness (QED) is 0.836. The molecule has 2 saturated heterocycles. The molecule has 2 atom stereocenters. The van der Waals surface area contributed by atoms with Crippen molar-refractivity contribution < 1.29 is 9.59 Å². The lowest BCUT2D eigenvalue weighted by atomic mass is 10.1. The summed E-state index contributed by atoms with van der Waals surface area (Å²) < 4.78 is 1.89. The van der Waals surface area contributed by atoms with E-state index >= 15 is 0 Å². The van der Waals surface area contributed by atoms with Crippen molar-refractivity contribution in [2.24, 2.45) is 0 Å². The van der Waals surface area contributed by atoms with Crippen LogP contribution < -0.4 is 10.6 Å². The molecule has 3 fully saturated rings. The first-order valence-corrected chi connectivity index (χ1v) is 8.57. The molecule has 0 radical (unpaired) electrons. The molecule has 2 N–H and O–H groups in total. The second-order valence-corrected chi connectivity index (χ2v) is 6.83. The number of amides is 2. The molecule has 2 aliphatic heterocycles. The predicted octanol–water partition coefficient (Wildman–Crippen LogP) is 0.722. The minimum absolute atomic E-state index is 0. The third-order valence-corrected chi connectivity index (χ3v) is 4.97. The number of hydrogen-bond donors (Lipinski definition) is 2. The Kier molecular flexibility index (Phi) is 5.10. The van der Waals surface area contributed by atoms with E-state index in [1.807, 2.05) is 15.8 Å². The maximum Gasteiger partial charge on any atom is 0.272 e. The van der Waals surface area contributed by atoms with Gasteiger partial charge >= 0.3 is 0 Å². The van der Waals surface area contributed by atoms with E-state index in [2.05, 4.69) is 15.7 Å². The van der Waals surface area contributed by atoms with Crippen LogP contribution in [0.25, 0.3) is 0 Å². The average molecular weight is 354 g/mol. The predicted molar refractivity (Wildman–Crippen MR) is 91.2 cm³/mol. The standard InChI is InChI=1S/C16H23N5O2.ClH/c22-15-8-11(10-20(15)12-3-4-12)18-16(23)14-5-7-21(19-14)13-2-1-6-17-9-13;/h5,7,11-13,17H,1-4,6,8-10H2,(H,18,23);1H. The number of hydrogen-bond acceptors (Lipinski definition) is 4. The van der Waals surface area contributed by atoms with Gasteiger partial charge in [-0.1, -0.05) is 0 Å². The number of rotatable bonds is 4. The van der Waals surface area contributed by atoms with Crippen LogP contribution in [-0.4, -0.2) is 58.2 Å². The molecular formula is C16H24ClN5O2. The van der Waals surface area contributed by atoms with Crippen molar-refractivity contribution in [1.29, 1.82) is 0 Å². The Morgan fingerprint density at radius 2 is 2.12 bits per heavy atom. The fourth-order valence-electron chi connectivity index (χ4n) is 3.55. The van der Waals surface area contributed by atoms with Crippen molar-refractivity contribution in [2.75, 3.05) is 19.6 Å². The number of piperidine rings is 1. The zero-order chi connectivity index (χ0) is 15.8. The number of aromatic nitrogens is 2. The molecular weight excluding hydrogens is 330 g/mol. The molecule has 7 nitrogen and oxygen atoms in total. The highest BCUT2D eigenvalue weighted by Gasteiger charge is 2.39. The summed E-state index contributed by atoms with van der Waals surface area (Å²) >= 11 is 0. The van der Waals surface area contributed by atoms with Crippen LogP contribution in [-0.2, 0) is 4.79 Å². The van der Waals surface area contributed by atoms with Crippen molar-refractivity contribution >= 4 is 24.2 Å². The van der Waals surface area contributed by atoms with Crippen LogP contribution >= 0.6 is 12.4 Å². The minimum Gasteiger partial charge on any atom is -0.346 e. The number of carbonyl (C=O) groups is 2. The normalized spacial score (nSPS) is 27.0. The Hall–Kier alpha value is -1.60. The van der Waals surface area contributed by atoms with Gasteiger partial charge in [-0.2, -0.15) is 5.10 Å². The number of likely N-dealkylation sites (tertiary alicyclic amines) is 1. The Morgan fingerprint density at radius 1 is 1.29 bits per heavy atom. The average Bonchev–Trinajstić information content (AvgIpc) is 3.16. The van der Waals surface area contributed by atoms with E-state index in [1.165, 1.54) is 0 Å². The molecule has 1 aromatic heterocycles. The van der Waals surface area contributed by atoms with Gasteiger partial charge in [-0.05, 0) is 38.3 Å².